The van der Waals surface area contributed by atoms with Crippen molar-refractivity contribution in [2.75, 3.05) is 26.2 Å². The molecule has 0 saturated carbocycles. The lowest BCUT2D eigenvalue weighted by molar-refractivity contribution is -0.121. The standard InChI is InChI=1S/C12H24N4O2/c1-9(2)14-12(18)15-11(17)8-16-5-3-10(7-13)4-6-16/h9-10H,3-8,13H2,1-2H3,(H2,14,15,17,18). The Hall–Kier alpha value is -1.14. The maximum absolute atomic E-state index is 11.6. The number of likely N-dealkylation sites (tertiary alicyclic amines) is 1. The van der Waals surface area contributed by atoms with E-state index in [0.717, 1.165) is 32.5 Å². The van der Waals surface area contributed by atoms with E-state index in [4.69, 9.17) is 5.73 Å². The Balaban J connectivity index is 2.22. The van der Waals surface area contributed by atoms with E-state index in [9.17, 15) is 9.59 Å². The number of piperidine rings is 1. The molecule has 1 aliphatic heterocycles. The van der Waals surface area contributed by atoms with Crippen LogP contribution in [0.5, 0.6) is 0 Å². The third-order valence-corrected chi connectivity index (χ3v) is 3.08. The van der Waals surface area contributed by atoms with E-state index in [1.54, 1.807) is 0 Å². The molecule has 4 N–H and O–H groups in total. The molecule has 6 nitrogen and oxygen atoms in total. The summed E-state index contributed by atoms with van der Waals surface area (Å²) in [5.41, 5.74) is 5.61. The van der Waals surface area contributed by atoms with Crippen molar-refractivity contribution in [3.63, 3.8) is 0 Å². The molecule has 6 heteroatoms. The van der Waals surface area contributed by atoms with E-state index in [1.165, 1.54) is 0 Å². The van der Waals surface area contributed by atoms with Gasteiger partial charge in [0.2, 0.25) is 5.91 Å². The van der Waals surface area contributed by atoms with Gasteiger partial charge < -0.3 is 11.1 Å². The van der Waals surface area contributed by atoms with Gasteiger partial charge in [-0.1, -0.05) is 0 Å². The first-order valence-electron chi connectivity index (χ1n) is 6.54. The van der Waals surface area contributed by atoms with Crippen molar-refractivity contribution in [2.24, 2.45) is 11.7 Å². The number of rotatable bonds is 4. The van der Waals surface area contributed by atoms with Crippen molar-refractivity contribution in [3.05, 3.63) is 0 Å². The number of imide groups is 1. The molecular weight excluding hydrogens is 232 g/mol. The van der Waals surface area contributed by atoms with E-state index in [2.05, 4.69) is 15.5 Å². The number of urea groups is 1. The van der Waals surface area contributed by atoms with Gasteiger partial charge in [0.05, 0.1) is 6.54 Å². The normalized spacial score (nSPS) is 17.8. The highest BCUT2D eigenvalue weighted by molar-refractivity contribution is 5.95. The number of nitrogens with zero attached hydrogens (tertiary/aromatic N) is 1. The number of nitrogens with two attached hydrogens (primary N) is 1. The molecule has 1 aliphatic rings. The third kappa shape index (κ3) is 5.46. The Labute approximate surface area is 108 Å². The molecule has 1 heterocycles. The van der Waals surface area contributed by atoms with Crippen molar-refractivity contribution in [1.29, 1.82) is 0 Å². The van der Waals surface area contributed by atoms with E-state index in [-0.39, 0.29) is 18.5 Å². The van der Waals surface area contributed by atoms with Gasteiger partial charge in [-0.15, -0.1) is 0 Å². The van der Waals surface area contributed by atoms with E-state index < -0.39 is 6.03 Å². The smallest absolute Gasteiger partial charge is 0.321 e. The summed E-state index contributed by atoms with van der Waals surface area (Å²) < 4.78 is 0. The topological polar surface area (TPSA) is 87.5 Å². The number of hydrogen-bond donors (Lipinski definition) is 3. The highest BCUT2D eigenvalue weighted by Crippen LogP contribution is 2.14. The monoisotopic (exact) mass is 256 g/mol. The quantitative estimate of drug-likeness (QED) is 0.655. The predicted molar refractivity (Wildman–Crippen MR) is 70.0 cm³/mol. The first kappa shape index (κ1) is 14.9. The minimum Gasteiger partial charge on any atom is -0.336 e. The Kier molecular flexibility index (Phi) is 6.07. The maximum atomic E-state index is 11.6. The van der Waals surface area contributed by atoms with Crippen LogP contribution < -0.4 is 16.4 Å². The lowest BCUT2D eigenvalue weighted by Gasteiger charge is -2.30. The zero-order valence-electron chi connectivity index (χ0n) is 11.2. The fourth-order valence-corrected chi connectivity index (χ4v) is 2.05. The SMILES string of the molecule is CC(C)NC(=O)NC(=O)CN1CCC(CN)CC1. The van der Waals surface area contributed by atoms with Crippen molar-refractivity contribution in [1.82, 2.24) is 15.5 Å². The molecule has 0 aromatic rings. The van der Waals surface area contributed by atoms with Crippen molar-refractivity contribution in [3.8, 4) is 0 Å². The fourth-order valence-electron chi connectivity index (χ4n) is 2.05. The number of nitrogens with one attached hydrogen (secondary N) is 2. The summed E-state index contributed by atoms with van der Waals surface area (Å²) in [6.07, 6.45) is 2.06. The second-order valence-electron chi connectivity index (χ2n) is 5.13. The highest BCUT2D eigenvalue weighted by atomic mass is 16.2. The van der Waals surface area contributed by atoms with Gasteiger partial charge in [0, 0.05) is 6.04 Å². The molecule has 1 rings (SSSR count). The Bertz CT molecular complexity index is 286. The van der Waals surface area contributed by atoms with Crippen LogP contribution in [0.3, 0.4) is 0 Å². The van der Waals surface area contributed by atoms with Crippen LogP contribution in [0.15, 0.2) is 0 Å². The summed E-state index contributed by atoms with van der Waals surface area (Å²) in [6.45, 7) is 6.45. The summed E-state index contributed by atoms with van der Waals surface area (Å²) >= 11 is 0. The van der Waals surface area contributed by atoms with Crippen molar-refractivity contribution >= 4 is 11.9 Å². The van der Waals surface area contributed by atoms with Gasteiger partial charge in [-0.3, -0.25) is 15.0 Å². The Morgan fingerprint density at radius 3 is 2.44 bits per heavy atom. The summed E-state index contributed by atoms with van der Waals surface area (Å²) in [5.74, 6) is 0.327. The summed E-state index contributed by atoms with van der Waals surface area (Å²) in [7, 11) is 0. The summed E-state index contributed by atoms with van der Waals surface area (Å²) in [6, 6.07) is -0.398. The maximum Gasteiger partial charge on any atom is 0.321 e. The molecule has 3 amide bonds. The van der Waals surface area contributed by atoms with Crippen LogP contribution in [-0.2, 0) is 4.79 Å². The molecule has 0 aromatic carbocycles. The molecule has 0 spiro atoms. The van der Waals surface area contributed by atoms with Gasteiger partial charge in [-0.25, -0.2) is 4.79 Å². The summed E-state index contributed by atoms with van der Waals surface area (Å²) in [4.78, 5) is 25.0. The largest absolute Gasteiger partial charge is 0.336 e. The molecule has 1 fully saturated rings. The molecule has 0 aliphatic carbocycles. The predicted octanol–water partition coefficient (Wildman–Crippen LogP) is -0.109. The van der Waals surface area contributed by atoms with Crippen LogP contribution in [-0.4, -0.2) is 49.1 Å². The zero-order valence-corrected chi connectivity index (χ0v) is 11.2. The van der Waals surface area contributed by atoms with Crippen molar-refractivity contribution in [2.45, 2.75) is 32.7 Å². The lowest BCUT2D eigenvalue weighted by Crippen LogP contribution is -2.47. The van der Waals surface area contributed by atoms with E-state index >= 15 is 0 Å². The van der Waals surface area contributed by atoms with Gasteiger partial charge in [-0.05, 0) is 52.2 Å². The number of hydrogen-bond acceptors (Lipinski definition) is 4. The van der Waals surface area contributed by atoms with E-state index in [0.29, 0.717) is 5.92 Å². The van der Waals surface area contributed by atoms with Crippen LogP contribution in [0.25, 0.3) is 0 Å². The molecule has 0 unspecified atom stereocenters. The van der Waals surface area contributed by atoms with Crippen LogP contribution in [0.4, 0.5) is 4.79 Å². The highest BCUT2D eigenvalue weighted by Gasteiger charge is 2.20. The fraction of sp³-hybridized carbons (Fsp3) is 0.833. The van der Waals surface area contributed by atoms with Crippen LogP contribution in [0.1, 0.15) is 26.7 Å². The molecule has 0 radical (unpaired) electrons. The first-order chi connectivity index (χ1) is 8.51. The second-order valence-corrected chi connectivity index (χ2v) is 5.13. The average Bonchev–Trinajstić information content (AvgIpc) is 2.28. The first-order valence-corrected chi connectivity index (χ1v) is 6.54. The minimum absolute atomic E-state index is 0.0260. The van der Waals surface area contributed by atoms with Crippen molar-refractivity contribution < 1.29 is 9.59 Å². The van der Waals surface area contributed by atoms with Gasteiger partial charge in [0.1, 0.15) is 0 Å². The van der Waals surface area contributed by atoms with Gasteiger partial charge in [0.15, 0.2) is 0 Å². The molecule has 0 bridgehead atoms. The van der Waals surface area contributed by atoms with Gasteiger partial charge in [0.25, 0.3) is 0 Å². The van der Waals surface area contributed by atoms with Crippen LogP contribution >= 0.6 is 0 Å². The molecule has 1 saturated heterocycles. The number of carbonyl (C=O) groups excluding carboxylic acids is 2. The van der Waals surface area contributed by atoms with Gasteiger partial charge in [-0.2, -0.15) is 0 Å². The van der Waals surface area contributed by atoms with Crippen LogP contribution in [0, 0.1) is 5.92 Å². The van der Waals surface area contributed by atoms with Gasteiger partial charge >= 0.3 is 6.03 Å². The average molecular weight is 256 g/mol. The molecule has 0 aromatic heterocycles. The molecular formula is C12H24N4O2. The Morgan fingerprint density at radius 1 is 1.33 bits per heavy atom. The second kappa shape index (κ2) is 7.33. The molecule has 18 heavy (non-hydrogen) atoms. The Morgan fingerprint density at radius 2 is 1.94 bits per heavy atom. The lowest BCUT2D eigenvalue weighted by atomic mass is 9.97. The third-order valence-electron chi connectivity index (χ3n) is 3.08. The minimum atomic E-state index is -0.424. The van der Waals surface area contributed by atoms with E-state index in [1.807, 2.05) is 13.8 Å². The summed E-state index contributed by atoms with van der Waals surface area (Å²) in [5, 5.41) is 4.95. The molecule has 0 atom stereocenters. The number of amides is 3. The molecule has 104 valence electrons. The van der Waals surface area contributed by atoms with Crippen LogP contribution in [0.2, 0.25) is 0 Å². The zero-order chi connectivity index (χ0) is 13.5. The number of carbonyl (C=O) groups is 2.